The third-order valence-electron chi connectivity index (χ3n) is 4.46. The molecule has 0 aliphatic rings. The van der Waals surface area contributed by atoms with E-state index in [-0.39, 0.29) is 11.9 Å². The van der Waals surface area contributed by atoms with Crippen molar-refractivity contribution in [2.24, 2.45) is 0 Å². The fourth-order valence-corrected chi connectivity index (χ4v) is 3.68. The number of benzene rings is 2. The van der Waals surface area contributed by atoms with Gasteiger partial charge in [-0.3, -0.25) is 4.79 Å². The molecule has 0 radical (unpaired) electrons. The molecule has 1 amide bonds. The Morgan fingerprint density at radius 2 is 1.93 bits per heavy atom. The SMILES string of the molecule is CCCN(Cc1nc2ccccc2n1C(C)C)C(=O)c1cc(Cl)ccc1Cl. The lowest BCUT2D eigenvalue weighted by atomic mass is 10.2. The molecule has 2 aromatic carbocycles. The molecule has 0 saturated heterocycles. The second-order valence-electron chi connectivity index (χ2n) is 6.83. The molecule has 0 saturated carbocycles. The summed E-state index contributed by atoms with van der Waals surface area (Å²) in [6.45, 7) is 7.32. The van der Waals surface area contributed by atoms with Crippen molar-refractivity contribution in [2.45, 2.75) is 39.8 Å². The van der Waals surface area contributed by atoms with Crippen molar-refractivity contribution in [1.82, 2.24) is 14.5 Å². The van der Waals surface area contributed by atoms with Crippen LogP contribution in [0.25, 0.3) is 11.0 Å². The number of halogens is 2. The van der Waals surface area contributed by atoms with E-state index in [1.54, 1.807) is 23.1 Å². The van der Waals surface area contributed by atoms with Gasteiger partial charge < -0.3 is 9.47 Å². The number of carbonyl (C=O) groups excluding carboxylic acids is 1. The van der Waals surface area contributed by atoms with Crippen LogP contribution >= 0.6 is 23.2 Å². The van der Waals surface area contributed by atoms with Gasteiger partial charge in [0, 0.05) is 17.6 Å². The summed E-state index contributed by atoms with van der Waals surface area (Å²) >= 11 is 12.3. The zero-order valence-corrected chi connectivity index (χ0v) is 17.3. The molecule has 0 aliphatic carbocycles. The van der Waals surface area contributed by atoms with E-state index in [1.165, 1.54) is 0 Å². The summed E-state index contributed by atoms with van der Waals surface area (Å²) in [5.41, 5.74) is 2.43. The predicted molar refractivity (Wildman–Crippen MR) is 112 cm³/mol. The molecule has 0 atom stereocenters. The minimum absolute atomic E-state index is 0.133. The van der Waals surface area contributed by atoms with Crippen LogP contribution in [0, 0.1) is 0 Å². The monoisotopic (exact) mass is 403 g/mol. The highest BCUT2D eigenvalue weighted by Gasteiger charge is 2.22. The van der Waals surface area contributed by atoms with Gasteiger partial charge in [0.1, 0.15) is 5.82 Å². The second-order valence-corrected chi connectivity index (χ2v) is 7.68. The topological polar surface area (TPSA) is 38.1 Å². The van der Waals surface area contributed by atoms with Crippen LogP contribution in [0.15, 0.2) is 42.5 Å². The van der Waals surface area contributed by atoms with Gasteiger partial charge in [0.2, 0.25) is 0 Å². The zero-order valence-electron chi connectivity index (χ0n) is 15.7. The highest BCUT2D eigenvalue weighted by molar-refractivity contribution is 6.35. The van der Waals surface area contributed by atoms with Crippen LogP contribution in [0.2, 0.25) is 10.0 Å². The van der Waals surface area contributed by atoms with Gasteiger partial charge in [-0.15, -0.1) is 0 Å². The van der Waals surface area contributed by atoms with Crippen LogP contribution in [0.5, 0.6) is 0 Å². The van der Waals surface area contributed by atoms with Crippen molar-refractivity contribution in [2.75, 3.05) is 6.54 Å². The standard InChI is InChI=1S/C21H23Cl2N3O/c1-4-11-25(21(27)16-12-15(22)9-10-17(16)23)13-20-24-18-7-5-6-8-19(18)26(20)14(2)3/h5-10,12,14H,4,11,13H2,1-3H3. The molecule has 0 fully saturated rings. The number of aromatic nitrogens is 2. The Balaban J connectivity index is 2.00. The average molecular weight is 404 g/mol. The Morgan fingerprint density at radius 1 is 1.19 bits per heavy atom. The van der Waals surface area contributed by atoms with Crippen molar-refractivity contribution in [3.05, 3.63) is 63.9 Å². The minimum atomic E-state index is -0.133. The summed E-state index contributed by atoms with van der Waals surface area (Å²) in [5.74, 6) is 0.734. The van der Waals surface area contributed by atoms with Gasteiger partial charge >= 0.3 is 0 Å². The molecule has 142 valence electrons. The van der Waals surface area contributed by atoms with Crippen molar-refractivity contribution in [3.63, 3.8) is 0 Å². The van der Waals surface area contributed by atoms with E-state index in [1.807, 2.05) is 25.1 Å². The van der Waals surface area contributed by atoms with Crippen LogP contribution in [0.1, 0.15) is 49.4 Å². The molecule has 1 aromatic heterocycles. The molecule has 1 heterocycles. The van der Waals surface area contributed by atoms with E-state index in [0.717, 1.165) is 23.3 Å². The van der Waals surface area contributed by atoms with Gasteiger partial charge in [-0.1, -0.05) is 42.3 Å². The van der Waals surface area contributed by atoms with Gasteiger partial charge in [-0.2, -0.15) is 0 Å². The molecule has 0 unspecified atom stereocenters. The first kappa shape index (κ1) is 19.7. The number of nitrogens with zero attached hydrogens (tertiary/aromatic N) is 3. The Labute approximate surface area is 169 Å². The molecular formula is C21H23Cl2N3O. The Kier molecular flexibility index (Phi) is 6.08. The molecule has 3 rings (SSSR count). The Bertz CT molecular complexity index is 965. The van der Waals surface area contributed by atoms with Gasteiger partial charge in [-0.25, -0.2) is 4.98 Å². The molecule has 0 aliphatic heterocycles. The van der Waals surface area contributed by atoms with Crippen LogP contribution in [-0.2, 0) is 6.54 Å². The molecule has 6 heteroatoms. The summed E-state index contributed by atoms with van der Waals surface area (Å²) in [6.07, 6.45) is 0.839. The molecular weight excluding hydrogens is 381 g/mol. The largest absolute Gasteiger partial charge is 0.331 e. The lowest BCUT2D eigenvalue weighted by Gasteiger charge is -2.24. The fourth-order valence-electron chi connectivity index (χ4n) is 3.31. The molecule has 3 aromatic rings. The average Bonchev–Trinajstić information content (AvgIpc) is 3.01. The highest BCUT2D eigenvalue weighted by Crippen LogP contribution is 2.25. The molecule has 0 bridgehead atoms. The maximum atomic E-state index is 13.2. The van der Waals surface area contributed by atoms with Crippen molar-refractivity contribution >= 4 is 40.1 Å². The summed E-state index contributed by atoms with van der Waals surface area (Å²) in [6, 6.07) is 13.2. The number of para-hydroxylation sites is 2. The van der Waals surface area contributed by atoms with Gasteiger partial charge in [0.05, 0.1) is 28.2 Å². The number of imidazole rings is 1. The lowest BCUT2D eigenvalue weighted by molar-refractivity contribution is 0.0737. The van der Waals surface area contributed by atoms with Crippen LogP contribution in [-0.4, -0.2) is 26.9 Å². The first-order chi connectivity index (χ1) is 12.9. The van der Waals surface area contributed by atoms with Crippen LogP contribution < -0.4 is 0 Å². The first-order valence-corrected chi connectivity index (χ1v) is 9.88. The summed E-state index contributed by atoms with van der Waals surface area (Å²) < 4.78 is 2.19. The number of amides is 1. The second kappa shape index (κ2) is 8.32. The van der Waals surface area contributed by atoms with Crippen molar-refractivity contribution in [3.8, 4) is 0 Å². The Morgan fingerprint density at radius 3 is 2.63 bits per heavy atom. The number of fused-ring (bicyclic) bond motifs is 1. The minimum Gasteiger partial charge on any atom is -0.331 e. The van der Waals surface area contributed by atoms with Crippen molar-refractivity contribution < 1.29 is 4.79 Å². The molecule has 0 spiro atoms. The smallest absolute Gasteiger partial charge is 0.255 e. The van der Waals surface area contributed by atoms with E-state index in [0.29, 0.717) is 28.7 Å². The van der Waals surface area contributed by atoms with E-state index in [2.05, 4.69) is 24.5 Å². The summed E-state index contributed by atoms with van der Waals surface area (Å²) in [7, 11) is 0. The van der Waals surface area contributed by atoms with Crippen molar-refractivity contribution in [1.29, 1.82) is 0 Å². The fraction of sp³-hybridized carbons (Fsp3) is 0.333. The third-order valence-corrected chi connectivity index (χ3v) is 5.02. The quantitative estimate of drug-likeness (QED) is 0.507. The maximum absolute atomic E-state index is 13.2. The number of rotatable bonds is 6. The highest BCUT2D eigenvalue weighted by atomic mass is 35.5. The lowest BCUT2D eigenvalue weighted by Crippen LogP contribution is -2.32. The van der Waals surface area contributed by atoms with E-state index in [4.69, 9.17) is 28.2 Å². The Hall–Kier alpha value is -2.04. The predicted octanol–water partition coefficient (Wildman–Crippen LogP) is 5.98. The van der Waals surface area contributed by atoms with E-state index < -0.39 is 0 Å². The zero-order chi connectivity index (χ0) is 19.6. The third kappa shape index (κ3) is 4.12. The van der Waals surface area contributed by atoms with Gasteiger partial charge in [0.15, 0.2) is 0 Å². The normalized spacial score (nSPS) is 11.3. The summed E-state index contributed by atoms with van der Waals surface area (Å²) in [5, 5.41) is 0.900. The summed E-state index contributed by atoms with van der Waals surface area (Å²) in [4.78, 5) is 19.7. The number of hydrogen-bond acceptors (Lipinski definition) is 2. The molecule has 0 N–H and O–H groups in total. The van der Waals surface area contributed by atoms with Gasteiger partial charge in [-0.05, 0) is 50.6 Å². The molecule has 4 nitrogen and oxygen atoms in total. The first-order valence-electron chi connectivity index (χ1n) is 9.12. The molecule has 27 heavy (non-hydrogen) atoms. The number of carbonyl (C=O) groups is 1. The maximum Gasteiger partial charge on any atom is 0.255 e. The van der Waals surface area contributed by atoms with E-state index >= 15 is 0 Å². The van der Waals surface area contributed by atoms with E-state index in [9.17, 15) is 4.79 Å². The number of hydrogen-bond donors (Lipinski definition) is 0. The van der Waals surface area contributed by atoms with Gasteiger partial charge in [0.25, 0.3) is 5.91 Å². The van der Waals surface area contributed by atoms with Crippen LogP contribution in [0.3, 0.4) is 0 Å². The van der Waals surface area contributed by atoms with Crippen LogP contribution in [0.4, 0.5) is 0 Å².